The van der Waals surface area contributed by atoms with Crippen LogP contribution in [0.25, 0.3) is 0 Å². The van der Waals surface area contributed by atoms with Gasteiger partial charge in [0.25, 0.3) is 0 Å². The van der Waals surface area contributed by atoms with E-state index in [1.165, 1.54) is 0 Å². The van der Waals surface area contributed by atoms with Crippen molar-refractivity contribution in [3.05, 3.63) is 0 Å². The summed E-state index contributed by atoms with van der Waals surface area (Å²) in [5.41, 5.74) is 0. The number of hydrogen-bond donors (Lipinski definition) is 1. The molecule has 1 amide bonds. The second kappa shape index (κ2) is 7.13. The summed E-state index contributed by atoms with van der Waals surface area (Å²) >= 11 is 0. The molecule has 0 aromatic rings. The fourth-order valence-electron chi connectivity index (χ4n) is 1.30. The maximum Gasteiger partial charge on any atom is 0.471 e. The molecule has 17 heavy (non-hydrogen) atoms. The van der Waals surface area contributed by atoms with Gasteiger partial charge >= 0.3 is 18.1 Å². The number of halogens is 3. The molecule has 0 bridgehead atoms. The van der Waals surface area contributed by atoms with Crippen LogP contribution in [0.4, 0.5) is 13.2 Å². The number of unbranched alkanes of at least 4 members (excludes halogenated alkanes) is 3. The number of hydrogen-bond acceptors (Lipinski definition) is 2. The van der Waals surface area contributed by atoms with Crippen LogP contribution < -0.4 is 0 Å². The molecule has 0 fully saturated rings. The SMILES string of the molecule is CN(CCCCCCC(=O)O)C(=O)C(F)(F)F. The number of carboxylic acids is 1. The van der Waals surface area contributed by atoms with E-state index < -0.39 is 18.1 Å². The molecule has 0 saturated carbocycles. The minimum absolute atomic E-state index is 0.0331. The molecule has 0 spiro atoms. The average Bonchev–Trinajstić information content (AvgIpc) is 2.19. The highest BCUT2D eigenvalue weighted by atomic mass is 19.4. The van der Waals surface area contributed by atoms with Gasteiger partial charge in [-0.15, -0.1) is 0 Å². The number of aliphatic carboxylic acids is 1. The van der Waals surface area contributed by atoms with Crippen molar-refractivity contribution in [2.24, 2.45) is 0 Å². The van der Waals surface area contributed by atoms with Crippen LogP contribution in [0.1, 0.15) is 32.1 Å². The molecule has 7 heteroatoms. The van der Waals surface area contributed by atoms with Gasteiger partial charge in [0, 0.05) is 20.0 Å². The van der Waals surface area contributed by atoms with E-state index >= 15 is 0 Å². The lowest BCUT2D eigenvalue weighted by atomic mass is 10.1. The van der Waals surface area contributed by atoms with Gasteiger partial charge in [-0.3, -0.25) is 9.59 Å². The van der Waals surface area contributed by atoms with Gasteiger partial charge in [0.2, 0.25) is 0 Å². The Morgan fingerprint density at radius 1 is 1.12 bits per heavy atom. The van der Waals surface area contributed by atoms with E-state index in [1.54, 1.807) is 0 Å². The first-order valence-corrected chi connectivity index (χ1v) is 5.29. The topological polar surface area (TPSA) is 57.6 Å². The number of carboxylic acid groups (broad SMARTS) is 1. The zero-order chi connectivity index (χ0) is 13.5. The molecule has 1 N–H and O–H groups in total. The second-order valence-corrected chi connectivity index (χ2v) is 3.78. The minimum atomic E-state index is -4.82. The van der Waals surface area contributed by atoms with Crippen molar-refractivity contribution < 1.29 is 27.9 Å². The summed E-state index contributed by atoms with van der Waals surface area (Å²) in [5.74, 6) is -2.72. The molecule has 0 aliphatic carbocycles. The molecule has 0 unspecified atom stereocenters. The normalized spacial score (nSPS) is 11.3. The average molecular weight is 255 g/mol. The Hall–Kier alpha value is -1.27. The highest BCUT2D eigenvalue weighted by Gasteiger charge is 2.40. The predicted molar refractivity (Wildman–Crippen MR) is 54.4 cm³/mol. The lowest BCUT2D eigenvalue weighted by Crippen LogP contribution is -2.38. The van der Waals surface area contributed by atoms with E-state index in [2.05, 4.69) is 0 Å². The Labute approximate surface area is 97.4 Å². The first-order valence-electron chi connectivity index (χ1n) is 5.29. The Morgan fingerprint density at radius 2 is 1.65 bits per heavy atom. The largest absolute Gasteiger partial charge is 0.481 e. The van der Waals surface area contributed by atoms with Crippen molar-refractivity contribution in [1.82, 2.24) is 4.90 Å². The van der Waals surface area contributed by atoms with Gasteiger partial charge in [-0.1, -0.05) is 12.8 Å². The van der Waals surface area contributed by atoms with Gasteiger partial charge in [-0.05, 0) is 12.8 Å². The van der Waals surface area contributed by atoms with Crippen molar-refractivity contribution in [2.45, 2.75) is 38.3 Å². The lowest BCUT2D eigenvalue weighted by molar-refractivity contribution is -0.184. The standard InChI is InChI=1S/C10H16F3NO3/c1-14(9(17)10(11,12)13)7-5-3-2-4-6-8(15)16/h2-7H2,1H3,(H,15,16). The van der Waals surface area contributed by atoms with Crippen LogP contribution in [0.3, 0.4) is 0 Å². The fraction of sp³-hybridized carbons (Fsp3) is 0.800. The summed E-state index contributed by atoms with van der Waals surface area (Å²) in [6.07, 6.45) is -2.55. The zero-order valence-electron chi connectivity index (χ0n) is 9.59. The van der Waals surface area contributed by atoms with Crippen LogP contribution in [0.5, 0.6) is 0 Å². The number of nitrogens with zero attached hydrogens (tertiary/aromatic N) is 1. The maximum atomic E-state index is 12.0. The monoisotopic (exact) mass is 255 g/mol. The van der Waals surface area contributed by atoms with Crippen LogP contribution in [0.2, 0.25) is 0 Å². The summed E-state index contributed by atoms with van der Waals surface area (Å²) in [7, 11) is 1.10. The number of alkyl halides is 3. The molecular formula is C10H16F3NO3. The van der Waals surface area contributed by atoms with E-state index in [4.69, 9.17) is 5.11 Å². The lowest BCUT2D eigenvalue weighted by Gasteiger charge is -2.18. The van der Waals surface area contributed by atoms with Gasteiger partial charge in [0.1, 0.15) is 0 Å². The minimum Gasteiger partial charge on any atom is -0.481 e. The molecular weight excluding hydrogens is 239 g/mol. The fourth-order valence-corrected chi connectivity index (χ4v) is 1.30. The Morgan fingerprint density at radius 3 is 2.12 bits per heavy atom. The Bertz CT molecular complexity index is 266. The first kappa shape index (κ1) is 15.7. The molecule has 0 aliphatic rings. The molecule has 0 aromatic heterocycles. The first-order chi connectivity index (χ1) is 7.75. The maximum absolute atomic E-state index is 12.0. The van der Waals surface area contributed by atoms with Crippen molar-refractivity contribution in [3.63, 3.8) is 0 Å². The van der Waals surface area contributed by atoms with Crippen LogP contribution >= 0.6 is 0 Å². The number of carbonyl (C=O) groups is 2. The molecule has 0 aromatic carbocycles. The van der Waals surface area contributed by atoms with Crippen molar-refractivity contribution in [1.29, 1.82) is 0 Å². The third-order valence-electron chi connectivity index (χ3n) is 2.22. The van der Waals surface area contributed by atoms with Gasteiger partial charge in [-0.25, -0.2) is 0 Å². The smallest absolute Gasteiger partial charge is 0.471 e. The molecule has 0 aliphatic heterocycles. The Balaban J connectivity index is 3.62. The van der Waals surface area contributed by atoms with Gasteiger partial charge in [0.05, 0.1) is 0 Å². The summed E-state index contributed by atoms with van der Waals surface area (Å²) in [6, 6.07) is 0. The predicted octanol–water partition coefficient (Wildman–Crippen LogP) is 2.04. The summed E-state index contributed by atoms with van der Waals surface area (Å²) < 4.78 is 35.9. The second-order valence-electron chi connectivity index (χ2n) is 3.78. The molecule has 0 heterocycles. The van der Waals surface area contributed by atoms with Gasteiger partial charge in [0.15, 0.2) is 0 Å². The summed E-state index contributed by atoms with van der Waals surface area (Å²) in [6.45, 7) is 0.0331. The van der Waals surface area contributed by atoms with E-state index in [9.17, 15) is 22.8 Å². The van der Waals surface area contributed by atoms with Gasteiger partial charge in [-0.2, -0.15) is 13.2 Å². The quantitative estimate of drug-likeness (QED) is 0.708. The number of rotatable bonds is 7. The summed E-state index contributed by atoms with van der Waals surface area (Å²) in [4.78, 5) is 21.5. The van der Waals surface area contributed by atoms with E-state index in [-0.39, 0.29) is 13.0 Å². The highest BCUT2D eigenvalue weighted by molar-refractivity contribution is 5.81. The molecule has 0 saturated heterocycles. The summed E-state index contributed by atoms with van der Waals surface area (Å²) in [5, 5.41) is 8.34. The van der Waals surface area contributed by atoms with Crippen LogP contribution in [0, 0.1) is 0 Å². The Kier molecular flexibility index (Phi) is 6.60. The van der Waals surface area contributed by atoms with Crippen LogP contribution in [-0.4, -0.2) is 41.7 Å². The highest BCUT2D eigenvalue weighted by Crippen LogP contribution is 2.17. The molecule has 0 radical (unpaired) electrons. The van der Waals surface area contributed by atoms with Crippen LogP contribution in [-0.2, 0) is 9.59 Å². The number of amides is 1. The molecule has 100 valence electrons. The van der Waals surface area contributed by atoms with Crippen molar-refractivity contribution >= 4 is 11.9 Å². The zero-order valence-corrected chi connectivity index (χ0v) is 9.59. The third-order valence-corrected chi connectivity index (χ3v) is 2.22. The van der Waals surface area contributed by atoms with E-state index in [1.807, 2.05) is 0 Å². The van der Waals surface area contributed by atoms with Crippen molar-refractivity contribution in [3.8, 4) is 0 Å². The molecule has 4 nitrogen and oxygen atoms in total. The number of carbonyl (C=O) groups excluding carboxylic acids is 1. The molecule has 0 atom stereocenters. The third kappa shape index (κ3) is 7.59. The van der Waals surface area contributed by atoms with E-state index in [0.717, 1.165) is 7.05 Å². The van der Waals surface area contributed by atoms with Gasteiger partial charge < -0.3 is 10.0 Å². The van der Waals surface area contributed by atoms with Crippen molar-refractivity contribution in [2.75, 3.05) is 13.6 Å². The molecule has 0 rings (SSSR count). The van der Waals surface area contributed by atoms with Crippen LogP contribution in [0.15, 0.2) is 0 Å². The van der Waals surface area contributed by atoms with E-state index in [0.29, 0.717) is 30.6 Å².